The summed E-state index contributed by atoms with van der Waals surface area (Å²) < 4.78 is 17.1. The predicted molar refractivity (Wildman–Crippen MR) is 114 cm³/mol. The molecular weight excluding hydrogens is 364 g/mol. The third kappa shape index (κ3) is 3.78. The average molecular weight is 384 g/mol. The zero-order valence-electron chi connectivity index (χ0n) is 16.2. The molecule has 0 N–H and O–H groups in total. The van der Waals surface area contributed by atoms with Gasteiger partial charge in [-0.1, -0.05) is 18.2 Å². The normalized spacial score (nSPS) is 10.6. The summed E-state index contributed by atoms with van der Waals surface area (Å²) in [5.41, 5.74) is 2.54. The van der Waals surface area contributed by atoms with E-state index >= 15 is 0 Å². The van der Waals surface area contributed by atoms with E-state index in [9.17, 15) is 4.79 Å². The van der Waals surface area contributed by atoms with Crippen LogP contribution >= 0.6 is 0 Å². The Kier molecular flexibility index (Phi) is 5.16. The number of aldehydes is 1. The lowest BCUT2D eigenvalue weighted by Crippen LogP contribution is -1.92. The molecule has 0 unspecified atom stereocenters. The zero-order valence-corrected chi connectivity index (χ0v) is 16.2. The fourth-order valence-corrected chi connectivity index (χ4v) is 3.27. The number of hydrogen-bond donors (Lipinski definition) is 0. The van der Waals surface area contributed by atoms with Gasteiger partial charge < -0.3 is 14.2 Å². The Morgan fingerprint density at radius 3 is 2.17 bits per heavy atom. The number of fused-ring (bicyclic) bond motifs is 1. The van der Waals surface area contributed by atoms with E-state index in [4.69, 9.17) is 14.2 Å². The zero-order chi connectivity index (χ0) is 20.2. The van der Waals surface area contributed by atoms with E-state index in [1.54, 1.807) is 38.5 Å². The molecule has 0 aliphatic heterocycles. The van der Waals surface area contributed by atoms with Crippen molar-refractivity contribution in [1.82, 2.24) is 0 Å². The highest BCUT2D eigenvalue weighted by Crippen LogP contribution is 2.41. The van der Waals surface area contributed by atoms with Gasteiger partial charge >= 0.3 is 0 Å². The van der Waals surface area contributed by atoms with Crippen LogP contribution in [0.4, 0.5) is 0 Å². The maximum atomic E-state index is 10.9. The Morgan fingerprint density at radius 1 is 0.724 bits per heavy atom. The molecule has 0 atom stereocenters. The summed E-state index contributed by atoms with van der Waals surface area (Å²) in [7, 11) is 3.30. The Morgan fingerprint density at radius 2 is 1.45 bits per heavy atom. The molecule has 0 fully saturated rings. The van der Waals surface area contributed by atoms with E-state index in [2.05, 4.69) is 6.07 Å². The molecule has 0 aromatic heterocycles. The van der Waals surface area contributed by atoms with Crippen LogP contribution in [0.15, 0.2) is 78.9 Å². The smallest absolute Gasteiger partial charge is 0.150 e. The van der Waals surface area contributed by atoms with Gasteiger partial charge in [0.1, 0.15) is 29.3 Å². The third-order valence-electron chi connectivity index (χ3n) is 4.79. The van der Waals surface area contributed by atoms with E-state index in [0.29, 0.717) is 11.3 Å². The molecule has 0 aliphatic rings. The molecule has 4 nitrogen and oxygen atoms in total. The second kappa shape index (κ2) is 8.07. The molecule has 4 rings (SSSR count). The minimum absolute atomic E-state index is 0.605. The summed E-state index contributed by atoms with van der Waals surface area (Å²) in [5.74, 6) is 2.95. The maximum Gasteiger partial charge on any atom is 0.150 e. The van der Waals surface area contributed by atoms with Gasteiger partial charge in [0.15, 0.2) is 0 Å². The van der Waals surface area contributed by atoms with Crippen LogP contribution in [0.1, 0.15) is 10.4 Å². The molecule has 0 saturated heterocycles. The molecule has 4 aromatic rings. The first-order chi connectivity index (χ1) is 14.2. The van der Waals surface area contributed by atoms with Crippen molar-refractivity contribution in [2.45, 2.75) is 0 Å². The number of hydrogen-bond acceptors (Lipinski definition) is 4. The minimum Gasteiger partial charge on any atom is -0.497 e. The molecular formula is C25H20O4. The predicted octanol–water partition coefficient (Wildman–Crippen LogP) is 6.13. The van der Waals surface area contributed by atoms with Gasteiger partial charge in [-0.05, 0) is 71.6 Å². The Bertz CT molecular complexity index is 1160. The summed E-state index contributed by atoms with van der Waals surface area (Å²) in [5, 5.41) is 1.97. The van der Waals surface area contributed by atoms with Crippen molar-refractivity contribution in [2.24, 2.45) is 0 Å². The van der Waals surface area contributed by atoms with Gasteiger partial charge in [0.2, 0.25) is 0 Å². The van der Waals surface area contributed by atoms with Crippen LogP contribution < -0.4 is 14.2 Å². The highest BCUT2D eigenvalue weighted by Gasteiger charge is 2.14. The molecule has 0 radical (unpaired) electrons. The summed E-state index contributed by atoms with van der Waals surface area (Å²) in [4.78, 5) is 10.9. The fraction of sp³-hybridized carbons (Fsp3) is 0.0800. The van der Waals surface area contributed by atoms with Crippen LogP contribution in [0.2, 0.25) is 0 Å². The molecule has 0 heterocycles. The average Bonchev–Trinajstić information content (AvgIpc) is 2.79. The summed E-state index contributed by atoms with van der Waals surface area (Å²) >= 11 is 0. The molecule has 4 heteroatoms. The Balaban J connectivity index is 1.89. The van der Waals surface area contributed by atoms with E-state index in [0.717, 1.165) is 45.4 Å². The number of methoxy groups -OCH3 is 2. The van der Waals surface area contributed by atoms with Gasteiger partial charge in [0, 0.05) is 16.5 Å². The molecule has 0 amide bonds. The molecule has 29 heavy (non-hydrogen) atoms. The lowest BCUT2D eigenvalue weighted by molar-refractivity contribution is 0.112. The van der Waals surface area contributed by atoms with E-state index in [-0.39, 0.29) is 0 Å². The third-order valence-corrected chi connectivity index (χ3v) is 4.79. The largest absolute Gasteiger partial charge is 0.497 e. The standard InChI is InChI=1S/C25H20O4/c1-27-21-5-3-4-18(14-21)23-12-8-19-15-22(28-2)11-13-24(19)25(23)29-20-9-6-17(16-26)7-10-20/h3-16H,1-2H3. The highest BCUT2D eigenvalue weighted by atomic mass is 16.5. The van der Waals surface area contributed by atoms with E-state index < -0.39 is 0 Å². The molecule has 144 valence electrons. The highest BCUT2D eigenvalue weighted by molar-refractivity contribution is 5.96. The van der Waals surface area contributed by atoms with Crippen molar-refractivity contribution in [3.8, 4) is 34.1 Å². The van der Waals surface area contributed by atoms with Crippen LogP contribution in [0.5, 0.6) is 23.0 Å². The number of rotatable bonds is 6. The lowest BCUT2D eigenvalue weighted by atomic mass is 9.99. The van der Waals surface area contributed by atoms with Crippen molar-refractivity contribution in [3.63, 3.8) is 0 Å². The fourth-order valence-electron chi connectivity index (χ4n) is 3.27. The van der Waals surface area contributed by atoms with E-state index in [1.807, 2.05) is 48.5 Å². The SMILES string of the molecule is COc1cccc(-c2ccc3cc(OC)ccc3c2Oc2ccc(C=O)cc2)c1. The number of carbonyl (C=O) groups excluding carboxylic acids is 1. The van der Waals surface area contributed by atoms with Crippen LogP contribution in [0, 0.1) is 0 Å². The Hall–Kier alpha value is -3.79. The topological polar surface area (TPSA) is 44.8 Å². The molecule has 0 aliphatic carbocycles. The van der Waals surface area contributed by atoms with Crippen LogP contribution in [-0.2, 0) is 0 Å². The first-order valence-corrected chi connectivity index (χ1v) is 9.20. The van der Waals surface area contributed by atoms with Crippen molar-refractivity contribution >= 4 is 17.1 Å². The number of benzene rings is 4. The second-order valence-corrected chi connectivity index (χ2v) is 6.55. The molecule has 4 aromatic carbocycles. The van der Waals surface area contributed by atoms with Gasteiger partial charge in [-0.25, -0.2) is 0 Å². The Labute approximate surface area is 169 Å². The van der Waals surface area contributed by atoms with E-state index in [1.165, 1.54) is 0 Å². The summed E-state index contributed by atoms with van der Waals surface area (Å²) in [6.45, 7) is 0. The van der Waals surface area contributed by atoms with Gasteiger partial charge in [0.05, 0.1) is 14.2 Å². The van der Waals surface area contributed by atoms with Gasteiger partial charge in [-0.2, -0.15) is 0 Å². The minimum atomic E-state index is 0.605. The summed E-state index contributed by atoms with van der Waals surface area (Å²) in [6.07, 6.45) is 0.815. The second-order valence-electron chi connectivity index (χ2n) is 6.55. The van der Waals surface area contributed by atoms with Crippen molar-refractivity contribution < 1.29 is 19.0 Å². The molecule has 0 bridgehead atoms. The van der Waals surface area contributed by atoms with Gasteiger partial charge in [0.25, 0.3) is 0 Å². The monoisotopic (exact) mass is 384 g/mol. The van der Waals surface area contributed by atoms with Crippen LogP contribution in [-0.4, -0.2) is 20.5 Å². The number of carbonyl (C=O) groups is 1. The van der Waals surface area contributed by atoms with Gasteiger partial charge in [-0.3, -0.25) is 4.79 Å². The number of ether oxygens (including phenoxy) is 3. The lowest BCUT2D eigenvalue weighted by Gasteiger charge is -2.16. The van der Waals surface area contributed by atoms with Gasteiger partial charge in [-0.15, -0.1) is 0 Å². The first kappa shape index (κ1) is 18.6. The summed E-state index contributed by atoms with van der Waals surface area (Å²) in [6, 6.07) is 24.9. The quantitative estimate of drug-likeness (QED) is 0.375. The van der Waals surface area contributed by atoms with Crippen LogP contribution in [0.3, 0.4) is 0 Å². The maximum absolute atomic E-state index is 10.9. The van der Waals surface area contributed by atoms with Crippen molar-refractivity contribution in [3.05, 3.63) is 84.4 Å². The molecule has 0 spiro atoms. The van der Waals surface area contributed by atoms with Crippen molar-refractivity contribution in [2.75, 3.05) is 14.2 Å². The van der Waals surface area contributed by atoms with Crippen molar-refractivity contribution in [1.29, 1.82) is 0 Å². The van der Waals surface area contributed by atoms with Crippen LogP contribution in [0.25, 0.3) is 21.9 Å². The molecule has 0 saturated carbocycles. The first-order valence-electron chi connectivity index (χ1n) is 9.20.